The number of furan rings is 1. The monoisotopic (exact) mass is 397 g/mol. The third-order valence-electron chi connectivity index (χ3n) is 4.13. The van der Waals surface area contributed by atoms with Crippen molar-refractivity contribution in [1.29, 1.82) is 0 Å². The van der Waals surface area contributed by atoms with Gasteiger partial charge in [-0.3, -0.25) is 4.79 Å². The molecule has 0 spiro atoms. The number of nitrogens with one attached hydrogen (secondary N) is 3. The summed E-state index contributed by atoms with van der Waals surface area (Å²) >= 11 is 6.15. The van der Waals surface area contributed by atoms with Crippen LogP contribution in [-0.4, -0.2) is 11.9 Å². The molecule has 28 heavy (non-hydrogen) atoms. The largest absolute Gasteiger partial charge is 0.459 e. The lowest BCUT2D eigenvalue weighted by Gasteiger charge is -2.16. The second-order valence-electron chi connectivity index (χ2n) is 6.20. The number of halogens is 1. The van der Waals surface area contributed by atoms with Crippen molar-refractivity contribution in [2.75, 3.05) is 5.32 Å². The summed E-state index contributed by atoms with van der Waals surface area (Å²) in [6.07, 6.45) is 1.45. The lowest BCUT2D eigenvalue weighted by molar-refractivity contribution is 0.0996. The highest BCUT2D eigenvalue weighted by Gasteiger charge is 2.12. The van der Waals surface area contributed by atoms with Crippen LogP contribution >= 0.6 is 11.6 Å². The molecule has 0 fully saturated rings. The molecule has 1 aromatic heterocycles. The van der Waals surface area contributed by atoms with Gasteiger partial charge in [-0.25, -0.2) is 4.79 Å². The zero-order valence-electron chi connectivity index (χ0n) is 15.2. The van der Waals surface area contributed by atoms with Crippen LogP contribution in [0.1, 0.15) is 34.6 Å². The molecule has 3 amide bonds. The van der Waals surface area contributed by atoms with Crippen LogP contribution in [0.2, 0.25) is 5.02 Å². The summed E-state index contributed by atoms with van der Waals surface area (Å²) in [7, 11) is 0. The number of hydrogen-bond donors (Lipinski definition) is 3. The maximum atomic E-state index is 12.1. The molecule has 144 valence electrons. The Labute approximate surface area is 167 Å². The summed E-state index contributed by atoms with van der Waals surface area (Å²) in [5.74, 6) is -0.0705. The Morgan fingerprint density at radius 3 is 2.46 bits per heavy atom. The van der Waals surface area contributed by atoms with Crippen molar-refractivity contribution in [2.45, 2.75) is 19.5 Å². The van der Waals surface area contributed by atoms with Crippen LogP contribution < -0.4 is 16.0 Å². The van der Waals surface area contributed by atoms with Crippen LogP contribution in [0.3, 0.4) is 0 Å². The molecule has 2 aromatic carbocycles. The first-order chi connectivity index (χ1) is 13.5. The Kier molecular flexibility index (Phi) is 6.34. The van der Waals surface area contributed by atoms with Crippen LogP contribution in [0, 0.1) is 0 Å². The maximum absolute atomic E-state index is 12.1. The van der Waals surface area contributed by atoms with Gasteiger partial charge in [0.25, 0.3) is 5.91 Å². The second kappa shape index (κ2) is 9.10. The standard InChI is InChI=1S/C21H20ClN3O3/c1-14(17-5-2-3-6-18(17)22)24-21(27)23-13-15-8-10-16(11-9-15)25-20(26)19-7-4-12-28-19/h2-12,14H,13H2,1H3,(H,25,26)(H2,23,24,27). The SMILES string of the molecule is CC(NC(=O)NCc1ccc(NC(=O)c2ccco2)cc1)c1ccccc1Cl. The van der Waals surface area contributed by atoms with Crippen molar-refractivity contribution in [3.8, 4) is 0 Å². The third kappa shape index (κ3) is 5.14. The molecule has 0 aliphatic carbocycles. The summed E-state index contributed by atoms with van der Waals surface area (Å²) in [5.41, 5.74) is 2.40. The molecule has 3 rings (SSSR count). The van der Waals surface area contributed by atoms with Gasteiger partial charge in [0.05, 0.1) is 12.3 Å². The van der Waals surface area contributed by atoms with Gasteiger partial charge in [-0.15, -0.1) is 0 Å². The van der Waals surface area contributed by atoms with Crippen molar-refractivity contribution in [3.05, 3.63) is 88.8 Å². The topological polar surface area (TPSA) is 83.4 Å². The van der Waals surface area contributed by atoms with E-state index in [9.17, 15) is 9.59 Å². The van der Waals surface area contributed by atoms with Crippen molar-refractivity contribution >= 4 is 29.2 Å². The summed E-state index contributed by atoms with van der Waals surface area (Å²) in [6.45, 7) is 2.23. The summed E-state index contributed by atoms with van der Waals surface area (Å²) in [5, 5.41) is 9.02. The van der Waals surface area contributed by atoms with E-state index in [4.69, 9.17) is 16.0 Å². The first-order valence-electron chi connectivity index (χ1n) is 8.75. The highest BCUT2D eigenvalue weighted by Crippen LogP contribution is 2.22. The van der Waals surface area contributed by atoms with Gasteiger partial charge in [-0.1, -0.05) is 41.9 Å². The summed E-state index contributed by atoms with van der Waals surface area (Å²) < 4.78 is 5.05. The fraction of sp³-hybridized carbons (Fsp3) is 0.143. The van der Waals surface area contributed by atoms with Crippen LogP contribution in [0.15, 0.2) is 71.3 Å². The Bertz CT molecular complexity index is 940. The number of anilines is 1. The minimum Gasteiger partial charge on any atom is -0.459 e. The number of carbonyl (C=O) groups is 2. The molecule has 1 unspecified atom stereocenters. The van der Waals surface area contributed by atoms with Crippen molar-refractivity contribution in [1.82, 2.24) is 10.6 Å². The van der Waals surface area contributed by atoms with E-state index < -0.39 is 0 Å². The Morgan fingerprint density at radius 1 is 1.04 bits per heavy atom. The van der Waals surface area contributed by atoms with Crippen molar-refractivity contribution in [2.24, 2.45) is 0 Å². The van der Waals surface area contributed by atoms with E-state index in [-0.39, 0.29) is 23.7 Å². The average Bonchev–Trinajstić information content (AvgIpc) is 3.23. The van der Waals surface area contributed by atoms with Crippen LogP contribution in [-0.2, 0) is 6.54 Å². The number of amides is 3. The van der Waals surface area contributed by atoms with E-state index in [1.807, 2.05) is 37.3 Å². The first-order valence-corrected chi connectivity index (χ1v) is 9.13. The summed E-state index contributed by atoms with van der Waals surface area (Å²) in [4.78, 5) is 24.1. The van der Waals surface area contributed by atoms with Crippen molar-refractivity contribution < 1.29 is 14.0 Å². The average molecular weight is 398 g/mol. The van der Waals surface area contributed by atoms with E-state index in [1.165, 1.54) is 6.26 Å². The smallest absolute Gasteiger partial charge is 0.315 e. The molecule has 3 N–H and O–H groups in total. The normalized spacial score (nSPS) is 11.5. The predicted octanol–water partition coefficient (Wildman–Crippen LogP) is 4.75. The predicted molar refractivity (Wildman–Crippen MR) is 108 cm³/mol. The molecule has 0 saturated heterocycles. The Balaban J connectivity index is 1.48. The van der Waals surface area contributed by atoms with Gasteiger partial charge < -0.3 is 20.4 Å². The number of rotatable bonds is 6. The van der Waals surface area contributed by atoms with Gasteiger partial charge in [0.1, 0.15) is 0 Å². The van der Waals surface area contributed by atoms with Gasteiger partial charge in [0, 0.05) is 17.3 Å². The highest BCUT2D eigenvalue weighted by molar-refractivity contribution is 6.31. The second-order valence-corrected chi connectivity index (χ2v) is 6.61. The number of benzene rings is 2. The zero-order valence-corrected chi connectivity index (χ0v) is 16.0. The molecule has 0 aliphatic rings. The lowest BCUT2D eigenvalue weighted by atomic mass is 10.1. The molecule has 3 aromatic rings. The molecular weight excluding hydrogens is 378 g/mol. The Hall–Kier alpha value is -3.25. The molecule has 0 saturated carbocycles. The van der Waals surface area contributed by atoms with Crippen LogP contribution in [0.25, 0.3) is 0 Å². The third-order valence-corrected chi connectivity index (χ3v) is 4.47. The zero-order chi connectivity index (χ0) is 19.9. The first kappa shape index (κ1) is 19.5. The fourth-order valence-electron chi connectivity index (χ4n) is 2.64. The van der Waals surface area contributed by atoms with Crippen LogP contribution in [0.5, 0.6) is 0 Å². The molecule has 7 heteroatoms. The number of carbonyl (C=O) groups excluding carboxylic acids is 2. The van der Waals surface area contributed by atoms with Crippen LogP contribution in [0.4, 0.5) is 10.5 Å². The number of hydrogen-bond acceptors (Lipinski definition) is 3. The molecule has 1 atom stereocenters. The van der Waals surface area contributed by atoms with Crippen molar-refractivity contribution in [3.63, 3.8) is 0 Å². The Morgan fingerprint density at radius 2 is 1.79 bits per heavy atom. The van der Waals surface area contributed by atoms with E-state index >= 15 is 0 Å². The van der Waals surface area contributed by atoms with E-state index in [0.717, 1.165) is 11.1 Å². The van der Waals surface area contributed by atoms with E-state index in [0.29, 0.717) is 17.3 Å². The quantitative estimate of drug-likeness (QED) is 0.561. The molecule has 6 nitrogen and oxygen atoms in total. The van der Waals surface area contributed by atoms with Gasteiger partial charge in [-0.05, 0) is 48.4 Å². The van der Waals surface area contributed by atoms with Gasteiger partial charge in [0.15, 0.2) is 5.76 Å². The number of urea groups is 1. The lowest BCUT2D eigenvalue weighted by Crippen LogP contribution is -2.36. The molecule has 0 bridgehead atoms. The molecule has 1 heterocycles. The maximum Gasteiger partial charge on any atom is 0.315 e. The fourth-order valence-corrected chi connectivity index (χ4v) is 2.94. The molecule has 0 aliphatic heterocycles. The van der Waals surface area contributed by atoms with Gasteiger partial charge >= 0.3 is 6.03 Å². The van der Waals surface area contributed by atoms with Gasteiger partial charge in [-0.2, -0.15) is 0 Å². The minimum absolute atomic E-state index is 0.215. The minimum atomic E-state index is -0.316. The highest BCUT2D eigenvalue weighted by atomic mass is 35.5. The molecular formula is C21H20ClN3O3. The summed E-state index contributed by atoms with van der Waals surface area (Å²) in [6, 6.07) is 17.3. The van der Waals surface area contributed by atoms with E-state index in [2.05, 4.69) is 16.0 Å². The molecule has 0 radical (unpaired) electrons. The van der Waals surface area contributed by atoms with E-state index in [1.54, 1.807) is 30.3 Å². The van der Waals surface area contributed by atoms with Gasteiger partial charge in [0.2, 0.25) is 0 Å².